The van der Waals surface area contributed by atoms with Crippen LogP contribution in [0.1, 0.15) is 121 Å². The number of aryl methyl sites for hydroxylation is 2. The van der Waals surface area contributed by atoms with Crippen LogP contribution in [0.15, 0.2) is 153 Å². The van der Waals surface area contributed by atoms with Gasteiger partial charge in [0.05, 0.1) is 132 Å². The minimum Gasteiger partial charge on any atom is -0.488 e. The topological polar surface area (TPSA) is 376 Å². The summed E-state index contributed by atoms with van der Waals surface area (Å²) < 4.78 is 70.0. The molecule has 37 nitrogen and oxygen atoms in total. The highest BCUT2D eigenvalue weighted by molar-refractivity contribution is 5.88. The second kappa shape index (κ2) is 47.3. The lowest BCUT2D eigenvalue weighted by Gasteiger charge is -2.34. The first-order chi connectivity index (χ1) is 68.8. The molecule has 6 saturated heterocycles. The molecule has 4 aliphatic carbocycles. The zero-order chi connectivity index (χ0) is 95.1. The molecule has 0 unspecified atom stereocenters. The van der Waals surface area contributed by atoms with Crippen LogP contribution in [0.25, 0.3) is 44.1 Å². The minimum atomic E-state index is -0.412. The van der Waals surface area contributed by atoms with Crippen LogP contribution in [0.2, 0.25) is 0 Å². The van der Waals surface area contributed by atoms with Crippen LogP contribution in [0.4, 0.5) is 51.1 Å². The normalized spacial score (nSPS) is 22.5. The van der Waals surface area contributed by atoms with Crippen molar-refractivity contribution in [3.05, 3.63) is 164 Å². The molecule has 37 heteroatoms. The van der Waals surface area contributed by atoms with E-state index < -0.39 is 6.09 Å². The number of aromatic nitrogens is 14. The molecule has 10 aliphatic rings. The van der Waals surface area contributed by atoms with Crippen molar-refractivity contribution in [3.8, 4) is 40.4 Å². The molecule has 13 heterocycles. The summed E-state index contributed by atoms with van der Waals surface area (Å²) in [5.74, 6) is 9.04. The molecule has 22 rings (SSSR count). The molecule has 5 aromatic carbocycles. The van der Waals surface area contributed by atoms with E-state index in [2.05, 4.69) is 172 Å². The van der Waals surface area contributed by atoms with Gasteiger partial charge in [-0.05, 0) is 160 Å². The van der Waals surface area contributed by atoms with Crippen LogP contribution in [0, 0.1) is 13.8 Å². The number of likely N-dealkylation sites (N-methyl/N-ethyl adjacent to an activating group) is 1. The van der Waals surface area contributed by atoms with E-state index in [-0.39, 0.29) is 36.6 Å². The highest BCUT2D eigenvalue weighted by atomic mass is 16.6. The average Bonchev–Trinajstić information content (AvgIpc) is 0.884. The molecule has 0 radical (unpaired) electrons. The van der Waals surface area contributed by atoms with E-state index in [1.807, 2.05) is 38.1 Å². The van der Waals surface area contributed by atoms with Gasteiger partial charge in [-0.25, -0.2) is 49.7 Å². The van der Waals surface area contributed by atoms with Gasteiger partial charge in [-0.15, -0.1) is 0 Å². The summed E-state index contributed by atoms with van der Waals surface area (Å²) in [5, 5.41) is 13.6. The lowest BCUT2D eigenvalue weighted by atomic mass is 9.93. The third-order valence-electron chi connectivity index (χ3n) is 27.3. The van der Waals surface area contributed by atoms with Crippen LogP contribution in [0.5, 0.6) is 40.4 Å². The number of carbonyl (C=O) groups excluding carboxylic acids is 1. The van der Waals surface area contributed by atoms with E-state index in [1.165, 1.54) is 0 Å². The third kappa shape index (κ3) is 25.9. The van der Waals surface area contributed by atoms with Crippen molar-refractivity contribution in [2.75, 3.05) is 199 Å². The average molecular weight is 1910 g/mol. The SMILES string of the molecule is COc1cc(C)nc(NC2CCC(Oc3cc(N4CCOCC4)cc4nccnc34)CC2)n1.Cc1nc(NC2CCC(Oc3cc(N4CCOCC4)cc4nccnc34)CC2)cc(N2CCN(C)CC2)n1.O=C(NC1CCC(Oc2cc(N3CCOCC3)cc3nccnc23)CC1)Oc1ccccc1.c1cnc2c(OC3CCC(Nc4ncc(O[C@@H]5CCOC5)cn4)CC3)cc(N3CCOCC3)cc2n1. The first kappa shape index (κ1) is 95.8. The maximum atomic E-state index is 12.2. The molecular formula is C103H128N24O13. The smallest absolute Gasteiger partial charge is 0.412 e. The van der Waals surface area contributed by atoms with Crippen LogP contribution in [0.3, 0.4) is 0 Å². The molecule has 0 bridgehead atoms. The summed E-state index contributed by atoms with van der Waals surface area (Å²) in [6.07, 6.45) is 33.5. The summed E-state index contributed by atoms with van der Waals surface area (Å²) in [4.78, 5) is 89.8. The molecule has 10 fully saturated rings. The van der Waals surface area contributed by atoms with Gasteiger partial charge in [0.25, 0.3) is 0 Å². The number of nitrogens with zero attached hydrogens (tertiary/aromatic N) is 20. The second-order valence-electron chi connectivity index (χ2n) is 37.2. The number of anilines is 8. The maximum Gasteiger partial charge on any atom is 0.412 e. The molecule has 4 N–H and O–H groups in total. The number of nitrogens with one attached hydrogen (secondary N) is 4. The van der Waals surface area contributed by atoms with Gasteiger partial charge in [0, 0.05) is 224 Å². The molecule has 12 aromatic rings. The molecule has 140 heavy (non-hydrogen) atoms. The fourth-order valence-corrected chi connectivity index (χ4v) is 19.7. The summed E-state index contributed by atoms with van der Waals surface area (Å²) in [5.41, 5.74) is 12.0. The number of para-hydroxylation sites is 1. The minimum absolute atomic E-state index is 0.0679. The van der Waals surface area contributed by atoms with Crippen LogP contribution in [-0.2, 0) is 23.7 Å². The number of ether oxygens (including phenoxy) is 12. The number of fused-ring (bicyclic) bond motifs is 4. The first-order valence-electron chi connectivity index (χ1n) is 49.9. The summed E-state index contributed by atoms with van der Waals surface area (Å²) in [6, 6.07) is 30.9. The second-order valence-corrected chi connectivity index (χ2v) is 37.2. The molecule has 1 atom stereocenters. The fourth-order valence-electron chi connectivity index (χ4n) is 19.7. The molecule has 0 spiro atoms. The first-order valence-corrected chi connectivity index (χ1v) is 49.9. The Bertz CT molecular complexity index is 6010. The number of carbonyl (C=O) groups is 1. The van der Waals surface area contributed by atoms with Gasteiger partial charge in [-0.2, -0.15) is 4.98 Å². The lowest BCUT2D eigenvalue weighted by molar-refractivity contribution is 0.122. The lowest BCUT2D eigenvalue weighted by Crippen LogP contribution is -2.45. The number of piperazine rings is 1. The third-order valence-corrected chi connectivity index (χ3v) is 27.3. The van der Waals surface area contributed by atoms with Crippen molar-refractivity contribution in [1.82, 2.24) is 80.0 Å². The van der Waals surface area contributed by atoms with E-state index in [0.29, 0.717) is 54.0 Å². The van der Waals surface area contributed by atoms with E-state index in [0.717, 1.165) is 360 Å². The quantitative estimate of drug-likeness (QED) is 0.0436. The highest BCUT2D eigenvalue weighted by Crippen LogP contribution is 2.40. The van der Waals surface area contributed by atoms with E-state index >= 15 is 0 Å². The molecular weight excluding hydrogens is 1780 g/mol. The van der Waals surface area contributed by atoms with Crippen molar-refractivity contribution in [1.29, 1.82) is 0 Å². The van der Waals surface area contributed by atoms with E-state index in [9.17, 15) is 4.79 Å². The Balaban J connectivity index is 0.000000119. The van der Waals surface area contributed by atoms with Gasteiger partial charge in [-0.3, -0.25) is 19.9 Å². The van der Waals surface area contributed by atoms with E-state index in [1.54, 1.807) is 81.2 Å². The van der Waals surface area contributed by atoms with Crippen molar-refractivity contribution in [2.24, 2.45) is 0 Å². The van der Waals surface area contributed by atoms with Gasteiger partial charge in [-0.1, -0.05) is 18.2 Å². The van der Waals surface area contributed by atoms with Gasteiger partial charge < -0.3 is 108 Å². The Kier molecular flexibility index (Phi) is 32.4. The maximum absolute atomic E-state index is 12.2. The van der Waals surface area contributed by atoms with Gasteiger partial charge in [0.2, 0.25) is 17.8 Å². The van der Waals surface area contributed by atoms with Crippen molar-refractivity contribution in [2.45, 2.75) is 178 Å². The number of hydrogen-bond donors (Lipinski definition) is 4. The molecule has 7 aromatic heterocycles. The Morgan fingerprint density at radius 1 is 0.350 bits per heavy atom. The predicted molar refractivity (Wildman–Crippen MR) is 535 cm³/mol. The summed E-state index contributed by atoms with van der Waals surface area (Å²) in [7, 11) is 3.79. The van der Waals surface area contributed by atoms with Crippen molar-refractivity contribution in [3.63, 3.8) is 0 Å². The number of amides is 1. The van der Waals surface area contributed by atoms with Crippen LogP contribution >= 0.6 is 0 Å². The Morgan fingerprint density at radius 2 is 0.743 bits per heavy atom. The number of morpholine rings is 4. The van der Waals surface area contributed by atoms with Gasteiger partial charge in [0.1, 0.15) is 74.4 Å². The zero-order valence-corrected chi connectivity index (χ0v) is 80.5. The van der Waals surface area contributed by atoms with Crippen LogP contribution < -0.4 is 78.9 Å². The van der Waals surface area contributed by atoms with Gasteiger partial charge >= 0.3 is 6.09 Å². The predicted octanol–water partition coefficient (Wildman–Crippen LogP) is 13.7. The standard InChI is InChI=1S/C28H38N8O2.C26H32N6O4.C25H28N4O4.C24H30N6O3/c1-20-31-26(19-27(32-20)36-11-9-34(2)10-12-36)33-21-3-5-23(6-4-21)38-25-18-22(35-13-15-37-16-14-35)17-24-28(25)30-8-7-29-24;1-3-20(4-2-18(1)31-26-29-15-22(16-30-26)35-21-5-10-34-17-21)36-24-14-19(32-8-11-33-12-9-32)13-23-25(24)28-7-6-27-23;30-25(33-20-4-2-1-3-5-20)28-18-6-8-21(9-7-18)32-23-17-19(29-12-14-31-15-13-29)16-22-24(23)27-11-10-26-22;1-16-13-22(31-2)29-24(27-16)28-17-3-5-19(6-4-17)33-21-15-18(30-9-11-32-12-10-30)14-20-23(21)26-8-7-25-20/h7-8,17-19,21,23H,3-6,9-16H2,1-2H3,(H,31,32,33);6-7,13-16,18,20-21H,1-5,8-12,17H2,(H,29,30,31);1-5,10-11,16-18,21H,6-9,12-15H2,(H,28,30);7-8,13-15,17,19H,3-6,9-12H2,1-2H3,(H,27,28,29)/t;18?,20?,21-;;/m.1../s1. The highest BCUT2D eigenvalue weighted by Gasteiger charge is 2.33. The monoisotopic (exact) mass is 1910 g/mol. The largest absolute Gasteiger partial charge is 0.488 e. The summed E-state index contributed by atoms with van der Waals surface area (Å²) >= 11 is 0. The number of methoxy groups -OCH3 is 1. The molecule has 6 aliphatic heterocycles. The Morgan fingerprint density at radius 3 is 1.14 bits per heavy atom. The Hall–Kier alpha value is -13.1. The summed E-state index contributed by atoms with van der Waals surface area (Å²) in [6.45, 7) is 22.2. The number of benzene rings is 5. The van der Waals surface area contributed by atoms with Gasteiger partial charge in [0.15, 0.2) is 5.75 Å². The van der Waals surface area contributed by atoms with E-state index in [4.69, 9.17) is 66.8 Å². The van der Waals surface area contributed by atoms with Crippen molar-refractivity contribution >= 4 is 96.5 Å². The zero-order valence-electron chi connectivity index (χ0n) is 80.5. The number of hydrogen-bond acceptors (Lipinski definition) is 36. The fraction of sp³-hybridized carbons (Fsp3) is 0.505. The molecule has 1 amide bonds. The van der Waals surface area contributed by atoms with Crippen LogP contribution in [-0.4, -0.2) is 294 Å². The molecule has 4 saturated carbocycles. The number of rotatable bonds is 24. The Labute approximate surface area is 815 Å². The van der Waals surface area contributed by atoms with Crippen molar-refractivity contribution < 1.29 is 61.6 Å². The molecule has 738 valence electrons.